The molecule has 4 aliphatic carbocycles. The monoisotopic (exact) mass is 514 g/mol. The van der Waals surface area contributed by atoms with E-state index >= 15 is 0 Å². The molecule has 0 aromatic rings. The van der Waals surface area contributed by atoms with Crippen molar-refractivity contribution in [3.8, 4) is 0 Å². The van der Waals surface area contributed by atoms with Crippen LogP contribution in [-0.2, 0) is 4.43 Å². The van der Waals surface area contributed by atoms with Crippen LogP contribution in [0.1, 0.15) is 113 Å². The summed E-state index contributed by atoms with van der Waals surface area (Å²) in [5, 5.41) is 10.4. The number of fused-ring (bicyclic) bond motifs is 5. The van der Waals surface area contributed by atoms with Crippen LogP contribution in [0.15, 0.2) is 23.8 Å². The molecule has 8 atom stereocenters. The van der Waals surface area contributed by atoms with E-state index in [0.717, 1.165) is 48.9 Å². The van der Waals surface area contributed by atoms with Crippen LogP contribution in [0, 0.1) is 40.4 Å². The summed E-state index contributed by atoms with van der Waals surface area (Å²) in [6, 6.07) is 0. The van der Waals surface area contributed by atoms with Gasteiger partial charge in [-0.1, -0.05) is 78.2 Å². The average Bonchev–Trinajstić information content (AvgIpc) is 3.09. The lowest BCUT2D eigenvalue weighted by molar-refractivity contribution is -0.0359. The van der Waals surface area contributed by atoms with Gasteiger partial charge in [0.15, 0.2) is 8.32 Å². The Kier molecular flexibility index (Phi) is 7.68. The molecule has 0 radical (unpaired) electrons. The normalized spacial score (nSPS) is 39.8. The summed E-state index contributed by atoms with van der Waals surface area (Å²) in [6.07, 6.45) is 19.3. The molecule has 0 aliphatic heterocycles. The van der Waals surface area contributed by atoms with Crippen LogP contribution in [0.2, 0.25) is 18.1 Å². The summed E-state index contributed by atoms with van der Waals surface area (Å²) in [5.74, 6) is 4.14. The Balaban J connectivity index is 1.46. The van der Waals surface area contributed by atoms with Crippen LogP contribution >= 0.6 is 0 Å². The summed E-state index contributed by atoms with van der Waals surface area (Å²) in [4.78, 5) is 0. The van der Waals surface area contributed by atoms with E-state index < -0.39 is 13.9 Å². The molecule has 0 bridgehead atoms. The van der Waals surface area contributed by atoms with E-state index in [1.54, 1.807) is 5.57 Å². The van der Waals surface area contributed by atoms with Gasteiger partial charge in [0.25, 0.3) is 0 Å². The van der Waals surface area contributed by atoms with E-state index in [1.165, 1.54) is 38.5 Å². The number of hydrogen-bond donors (Lipinski definition) is 1. The van der Waals surface area contributed by atoms with Gasteiger partial charge in [-0.2, -0.15) is 0 Å². The number of allylic oxidation sites excluding steroid dienone is 2. The van der Waals surface area contributed by atoms with Gasteiger partial charge in [-0.3, -0.25) is 0 Å². The van der Waals surface area contributed by atoms with E-state index in [-0.39, 0.29) is 16.6 Å². The largest absolute Gasteiger partial charge is 0.410 e. The minimum absolute atomic E-state index is 0.230. The molecule has 0 aromatic carbocycles. The fraction of sp³-hybridized carbons (Fsp3) is 0.879. The summed E-state index contributed by atoms with van der Waals surface area (Å²) in [6.45, 7) is 23.5. The maximum absolute atomic E-state index is 10.2. The summed E-state index contributed by atoms with van der Waals surface area (Å²) in [5.41, 5.74) is 1.88. The van der Waals surface area contributed by atoms with Gasteiger partial charge in [0.2, 0.25) is 0 Å². The Hall–Kier alpha value is -0.383. The van der Waals surface area contributed by atoms with E-state index in [1.807, 2.05) is 13.8 Å². The highest BCUT2D eigenvalue weighted by molar-refractivity contribution is 6.74. The van der Waals surface area contributed by atoms with Crippen molar-refractivity contribution in [2.45, 2.75) is 143 Å². The fourth-order valence-electron chi connectivity index (χ4n) is 8.89. The van der Waals surface area contributed by atoms with Crippen molar-refractivity contribution in [3.63, 3.8) is 0 Å². The van der Waals surface area contributed by atoms with Crippen molar-refractivity contribution in [2.24, 2.45) is 40.4 Å². The molecule has 2 fully saturated rings. The first kappa shape index (κ1) is 28.6. The molecule has 36 heavy (non-hydrogen) atoms. The first-order valence-electron chi connectivity index (χ1n) is 15.3. The standard InChI is InChI=1S/C33H58O2Si/c1-23(12-11-19-31(5,6)34)27-15-16-28-26-14-13-24-22-25(35-36(9,10)30(2,3)4)17-20-32(24,7)29(26)18-21-33(27,28)8/h13,17,20,23,25-29,34H,11-12,14-16,18-19,21-22H2,1-10H3/t23-,25+,26+,27-,28+,29+,32+,33-/m1/s1. The summed E-state index contributed by atoms with van der Waals surface area (Å²) in [7, 11) is -1.77. The molecule has 0 spiro atoms. The molecule has 0 aromatic heterocycles. The van der Waals surface area contributed by atoms with Gasteiger partial charge in [-0.05, 0) is 112 Å². The maximum atomic E-state index is 10.2. The highest BCUT2D eigenvalue weighted by Crippen LogP contribution is 2.66. The van der Waals surface area contributed by atoms with Crippen molar-refractivity contribution in [3.05, 3.63) is 23.8 Å². The van der Waals surface area contributed by atoms with Crippen LogP contribution in [0.3, 0.4) is 0 Å². The molecule has 4 rings (SSSR count). The Morgan fingerprint density at radius 2 is 1.78 bits per heavy atom. The second kappa shape index (κ2) is 9.67. The predicted octanol–water partition coefficient (Wildman–Crippen LogP) is 9.31. The third-order valence-electron chi connectivity index (χ3n) is 12.1. The molecule has 0 unspecified atom stereocenters. The Labute approximate surface area is 224 Å². The molecule has 206 valence electrons. The van der Waals surface area contributed by atoms with E-state index in [4.69, 9.17) is 4.43 Å². The first-order valence-corrected chi connectivity index (χ1v) is 18.2. The molecule has 0 heterocycles. The van der Waals surface area contributed by atoms with Gasteiger partial charge in [-0.25, -0.2) is 0 Å². The Morgan fingerprint density at radius 3 is 2.42 bits per heavy atom. The second-order valence-electron chi connectivity index (χ2n) is 16.0. The van der Waals surface area contributed by atoms with E-state index in [9.17, 15) is 5.11 Å². The van der Waals surface area contributed by atoms with Crippen molar-refractivity contribution >= 4 is 8.32 Å². The van der Waals surface area contributed by atoms with Gasteiger partial charge in [-0.15, -0.1) is 0 Å². The smallest absolute Gasteiger partial charge is 0.192 e. The third-order valence-corrected chi connectivity index (χ3v) is 16.6. The van der Waals surface area contributed by atoms with Gasteiger partial charge >= 0.3 is 0 Å². The molecule has 3 heteroatoms. The fourth-order valence-corrected chi connectivity index (χ4v) is 10.2. The van der Waals surface area contributed by atoms with Crippen molar-refractivity contribution in [2.75, 3.05) is 0 Å². The SMILES string of the molecule is C[C@H](CCCC(C)(C)O)[C@H]1CC[C@H]2[C@@H]3CC=C4C[C@@H](O[Si](C)(C)C(C)(C)C)C=C[C@]4(C)[C@H]3CC[C@]12C. The minimum atomic E-state index is -1.77. The molecule has 4 aliphatic rings. The third kappa shape index (κ3) is 5.24. The van der Waals surface area contributed by atoms with Crippen LogP contribution in [0.5, 0.6) is 0 Å². The number of aliphatic hydroxyl groups is 1. The van der Waals surface area contributed by atoms with Crippen molar-refractivity contribution in [1.29, 1.82) is 0 Å². The number of rotatable bonds is 7. The van der Waals surface area contributed by atoms with Gasteiger partial charge < -0.3 is 9.53 Å². The lowest BCUT2D eigenvalue weighted by atomic mass is 9.48. The molecular weight excluding hydrogens is 456 g/mol. The minimum Gasteiger partial charge on any atom is -0.410 e. The molecule has 0 saturated heterocycles. The Morgan fingerprint density at radius 1 is 1.08 bits per heavy atom. The molecule has 1 N–H and O–H groups in total. The predicted molar refractivity (Wildman–Crippen MR) is 156 cm³/mol. The zero-order valence-electron chi connectivity index (χ0n) is 25.4. The summed E-state index contributed by atoms with van der Waals surface area (Å²) >= 11 is 0. The Bertz CT molecular complexity index is 858. The second-order valence-corrected chi connectivity index (χ2v) is 20.8. The van der Waals surface area contributed by atoms with Crippen LogP contribution in [-0.4, -0.2) is 25.1 Å². The van der Waals surface area contributed by atoms with Crippen molar-refractivity contribution in [1.82, 2.24) is 0 Å². The van der Waals surface area contributed by atoms with Crippen LogP contribution < -0.4 is 0 Å². The highest BCUT2D eigenvalue weighted by Gasteiger charge is 2.58. The average molecular weight is 515 g/mol. The highest BCUT2D eigenvalue weighted by atomic mass is 28.4. The van der Waals surface area contributed by atoms with E-state index in [2.05, 4.69) is 72.9 Å². The van der Waals surface area contributed by atoms with Crippen LogP contribution in [0.4, 0.5) is 0 Å². The maximum Gasteiger partial charge on any atom is 0.192 e. The lowest BCUT2D eigenvalue weighted by Crippen LogP contribution is -2.50. The zero-order chi connectivity index (χ0) is 26.7. The summed E-state index contributed by atoms with van der Waals surface area (Å²) < 4.78 is 6.85. The number of hydrogen-bond acceptors (Lipinski definition) is 2. The zero-order valence-corrected chi connectivity index (χ0v) is 26.4. The molecular formula is C33H58O2Si. The van der Waals surface area contributed by atoms with Gasteiger partial charge in [0.1, 0.15) is 0 Å². The van der Waals surface area contributed by atoms with Crippen LogP contribution in [0.25, 0.3) is 0 Å². The van der Waals surface area contributed by atoms with Gasteiger partial charge in [0, 0.05) is 5.41 Å². The first-order chi connectivity index (χ1) is 16.5. The van der Waals surface area contributed by atoms with Gasteiger partial charge in [0.05, 0.1) is 11.7 Å². The molecule has 2 nitrogen and oxygen atoms in total. The molecule has 0 amide bonds. The van der Waals surface area contributed by atoms with Crippen molar-refractivity contribution < 1.29 is 9.53 Å². The lowest BCUT2D eigenvalue weighted by Gasteiger charge is -2.57. The topological polar surface area (TPSA) is 29.5 Å². The quantitative estimate of drug-likeness (QED) is 0.271. The molecule has 2 saturated carbocycles. The van der Waals surface area contributed by atoms with E-state index in [0.29, 0.717) is 5.41 Å².